The van der Waals surface area contributed by atoms with Crippen LogP contribution >= 0.6 is 15.9 Å². The van der Waals surface area contributed by atoms with Gasteiger partial charge in [0.15, 0.2) is 0 Å². The van der Waals surface area contributed by atoms with E-state index in [1.807, 2.05) is 55.1 Å². The summed E-state index contributed by atoms with van der Waals surface area (Å²) in [5.74, 6) is 1.11. The number of benzene rings is 2. The third-order valence-electron chi connectivity index (χ3n) is 4.78. The van der Waals surface area contributed by atoms with Gasteiger partial charge < -0.3 is 9.47 Å². The molecule has 0 N–H and O–H groups in total. The Morgan fingerprint density at radius 1 is 1.12 bits per heavy atom. The number of nitrogens with zero attached hydrogens (tertiary/aromatic N) is 3. The molecule has 0 spiro atoms. The van der Waals surface area contributed by atoms with E-state index in [4.69, 9.17) is 0 Å². The zero-order valence-electron chi connectivity index (χ0n) is 13.7. The van der Waals surface area contributed by atoms with Gasteiger partial charge in [-0.3, -0.25) is 4.79 Å². The smallest absolute Gasteiger partial charge is 0.254 e. The molecule has 2 heterocycles. The molecular formula is C19H18BrN3O. The molecule has 0 bridgehead atoms. The topological polar surface area (TPSA) is 38.1 Å². The Kier molecular flexibility index (Phi) is 3.68. The molecule has 1 aromatic heterocycles. The van der Waals surface area contributed by atoms with Crippen molar-refractivity contribution in [3.8, 4) is 0 Å². The van der Waals surface area contributed by atoms with Crippen LogP contribution in [0, 0.1) is 13.8 Å². The van der Waals surface area contributed by atoms with E-state index in [9.17, 15) is 4.79 Å². The van der Waals surface area contributed by atoms with Crippen LogP contribution in [0.25, 0.3) is 11.0 Å². The highest BCUT2D eigenvalue weighted by molar-refractivity contribution is 9.10. The maximum Gasteiger partial charge on any atom is 0.254 e. The molecule has 1 aliphatic rings. The van der Waals surface area contributed by atoms with Crippen molar-refractivity contribution in [2.24, 2.45) is 0 Å². The predicted octanol–water partition coefficient (Wildman–Crippen LogP) is 4.11. The Labute approximate surface area is 149 Å². The fourth-order valence-electron chi connectivity index (χ4n) is 3.42. The van der Waals surface area contributed by atoms with Crippen molar-refractivity contribution < 1.29 is 4.79 Å². The minimum Gasteiger partial charge on any atom is -0.334 e. The summed E-state index contributed by atoms with van der Waals surface area (Å²) >= 11 is 3.50. The fraction of sp³-hybridized carbons (Fsp3) is 0.263. The van der Waals surface area contributed by atoms with Crippen LogP contribution in [0.3, 0.4) is 0 Å². The van der Waals surface area contributed by atoms with Gasteiger partial charge >= 0.3 is 0 Å². The van der Waals surface area contributed by atoms with E-state index < -0.39 is 0 Å². The standard InChI is InChI=1S/C19H18BrN3O/c1-12-15(6-5-7-16(12)20)19(24)22-10-14(11-22)23-13(2)21-17-8-3-4-9-18(17)23/h3-9,14H,10-11H2,1-2H3. The number of aromatic nitrogens is 2. The molecule has 0 saturated carbocycles. The van der Waals surface area contributed by atoms with Crippen LogP contribution in [-0.4, -0.2) is 33.4 Å². The number of carbonyl (C=O) groups excluding carboxylic acids is 1. The third kappa shape index (κ3) is 2.35. The normalized spacial score (nSPS) is 14.9. The fourth-order valence-corrected chi connectivity index (χ4v) is 3.79. The minimum atomic E-state index is 0.104. The second kappa shape index (κ2) is 5.74. The molecule has 1 fully saturated rings. The molecule has 2 aromatic carbocycles. The SMILES string of the molecule is Cc1c(Br)cccc1C(=O)N1CC(n2c(C)nc3ccccc32)C1. The summed E-state index contributed by atoms with van der Waals surface area (Å²) in [6, 6.07) is 14.2. The summed E-state index contributed by atoms with van der Waals surface area (Å²) < 4.78 is 3.23. The largest absolute Gasteiger partial charge is 0.334 e. The summed E-state index contributed by atoms with van der Waals surface area (Å²) in [7, 11) is 0. The summed E-state index contributed by atoms with van der Waals surface area (Å²) in [6.45, 7) is 5.46. The molecule has 0 atom stereocenters. The number of amides is 1. The quantitative estimate of drug-likeness (QED) is 0.667. The first-order valence-corrected chi connectivity index (χ1v) is 8.83. The monoisotopic (exact) mass is 383 g/mol. The maximum absolute atomic E-state index is 12.7. The average Bonchev–Trinajstić information content (AvgIpc) is 2.85. The van der Waals surface area contributed by atoms with Gasteiger partial charge in [0, 0.05) is 23.1 Å². The number of imidazole rings is 1. The highest BCUT2D eigenvalue weighted by Crippen LogP contribution is 2.30. The number of rotatable bonds is 2. The van der Waals surface area contributed by atoms with Crippen LogP contribution in [0.4, 0.5) is 0 Å². The molecule has 1 amide bonds. The first-order chi connectivity index (χ1) is 11.6. The molecule has 3 aromatic rings. The molecule has 24 heavy (non-hydrogen) atoms. The van der Waals surface area contributed by atoms with Crippen LogP contribution in [0.15, 0.2) is 46.9 Å². The number of hydrogen-bond donors (Lipinski definition) is 0. The Bertz CT molecular complexity index is 941. The van der Waals surface area contributed by atoms with Gasteiger partial charge in [-0.2, -0.15) is 0 Å². The molecule has 1 saturated heterocycles. The first kappa shape index (κ1) is 15.4. The molecule has 4 rings (SSSR count). The molecule has 4 nitrogen and oxygen atoms in total. The van der Waals surface area contributed by atoms with Crippen LogP contribution in [0.2, 0.25) is 0 Å². The molecule has 0 unspecified atom stereocenters. The number of carbonyl (C=O) groups is 1. The number of fused-ring (bicyclic) bond motifs is 1. The number of aryl methyl sites for hydroxylation is 1. The predicted molar refractivity (Wildman–Crippen MR) is 98.3 cm³/mol. The van der Waals surface area contributed by atoms with Gasteiger partial charge in [0.25, 0.3) is 5.91 Å². The first-order valence-electron chi connectivity index (χ1n) is 8.04. The molecule has 1 aliphatic heterocycles. The lowest BCUT2D eigenvalue weighted by molar-refractivity contribution is 0.0522. The van der Waals surface area contributed by atoms with E-state index in [0.717, 1.165) is 45.5 Å². The molecule has 0 radical (unpaired) electrons. The molecule has 5 heteroatoms. The van der Waals surface area contributed by atoms with Crippen molar-refractivity contribution in [1.82, 2.24) is 14.5 Å². The maximum atomic E-state index is 12.7. The Morgan fingerprint density at radius 2 is 1.88 bits per heavy atom. The third-order valence-corrected chi connectivity index (χ3v) is 5.64. The van der Waals surface area contributed by atoms with E-state index >= 15 is 0 Å². The van der Waals surface area contributed by atoms with Gasteiger partial charge in [0.1, 0.15) is 5.82 Å². The number of para-hydroxylation sites is 2. The highest BCUT2D eigenvalue weighted by Gasteiger charge is 2.34. The van der Waals surface area contributed by atoms with Gasteiger partial charge in [-0.05, 0) is 43.7 Å². The summed E-state index contributed by atoms with van der Waals surface area (Å²) in [5, 5.41) is 0. The van der Waals surface area contributed by atoms with Crippen LogP contribution in [0.5, 0.6) is 0 Å². The Balaban J connectivity index is 1.57. The highest BCUT2D eigenvalue weighted by atomic mass is 79.9. The second-order valence-corrected chi connectivity index (χ2v) is 7.15. The minimum absolute atomic E-state index is 0.104. The number of likely N-dealkylation sites (tertiary alicyclic amines) is 1. The van der Waals surface area contributed by atoms with Crippen molar-refractivity contribution in [3.63, 3.8) is 0 Å². The lowest BCUT2D eigenvalue weighted by Gasteiger charge is -2.41. The lowest BCUT2D eigenvalue weighted by Crippen LogP contribution is -2.51. The van der Waals surface area contributed by atoms with Gasteiger partial charge in [0.05, 0.1) is 17.1 Å². The van der Waals surface area contributed by atoms with E-state index in [1.54, 1.807) is 0 Å². The lowest BCUT2D eigenvalue weighted by atomic mass is 10.0. The molecule has 122 valence electrons. The average molecular weight is 384 g/mol. The van der Waals surface area contributed by atoms with Crippen LogP contribution in [0.1, 0.15) is 27.8 Å². The van der Waals surface area contributed by atoms with Gasteiger partial charge in [-0.15, -0.1) is 0 Å². The number of halogens is 1. The van der Waals surface area contributed by atoms with E-state index in [0.29, 0.717) is 6.04 Å². The Morgan fingerprint density at radius 3 is 2.67 bits per heavy atom. The summed E-state index contributed by atoms with van der Waals surface area (Å²) in [4.78, 5) is 19.3. The van der Waals surface area contributed by atoms with Crippen molar-refractivity contribution in [2.45, 2.75) is 19.9 Å². The van der Waals surface area contributed by atoms with E-state index in [1.165, 1.54) is 0 Å². The van der Waals surface area contributed by atoms with Crippen LogP contribution in [-0.2, 0) is 0 Å². The van der Waals surface area contributed by atoms with Crippen LogP contribution < -0.4 is 0 Å². The number of hydrogen-bond acceptors (Lipinski definition) is 2. The summed E-state index contributed by atoms with van der Waals surface area (Å²) in [5.41, 5.74) is 3.93. The zero-order chi connectivity index (χ0) is 16.8. The van der Waals surface area contributed by atoms with E-state index in [-0.39, 0.29) is 5.91 Å². The van der Waals surface area contributed by atoms with Crippen molar-refractivity contribution in [2.75, 3.05) is 13.1 Å². The van der Waals surface area contributed by atoms with Gasteiger partial charge in [-0.1, -0.05) is 34.1 Å². The molecular weight excluding hydrogens is 366 g/mol. The van der Waals surface area contributed by atoms with Crippen molar-refractivity contribution in [1.29, 1.82) is 0 Å². The van der Waals surface area contributed by atoms with Gasteiger partial charge in [-0.25, -0.2) is 4.98 Å². The van der Waals surface area contributed by atoms with Crippen molar-refractivity contribution in [3.05, 3.63) is 63.9 Å². The van der Waals surface area contributed by atoms with Crippen molar-refractivity contribution >= 4 is 32.9 Å². The molecule has 0 aliphatic carbocycles. The second-order valence-electron chi connectivity index (χ2n) is 6.29. The van der Waals surface area contributed by atoms with Gasteiger partial charge in [0.2, 0.25) is 0 Å². The zero-order valence-corrected chi connectivity index (χ0v) is 15.2. The van der Waals surface area contributed by atoms with E-state index in [2.05, 4.69) is 31.5 Å². The Hall–Kier alpha value is -2.14. The summed E-state index contributed by atoms with van der Waals surface area (Å²) in [6.07, 6.45) is 0.